The van der Waals surface area contributed by atoms with Crippen molar-refractivity contribution in [3.05, 3.63) is 47.3 Å². The SMILES string of the molecule is Cc1c(CNS(=O)(=O)c2cccc(C(=O)N[C@@H]3CCOC3)c2)cnn1C. The van der Waals surface area contributed by atoms with E-state index in [2.05, 4.69) is 15.1 Å². The molecule has 1 fully saturated rings. The summed E-state index contributed by atoms with van der Waals surface area (Å²) >= 11 is 0. The molecule has 1 aliphatic heterocycles. The van der Waals surface area contributed by atoms with Gasteiger partial charge in [0.1, 0.15) is 0 Å². The largest absolute Gasteiger partial charge is 0.379 e. The number of aryl methyl sites for hydroxylation is 1. The van der Waals surface area contributed by atoms with Crippen molar-refractivity contribution in [2.24, 2.45) is 7.05 Å². The van der Waals surface area contributed by atoms with Crippen LogP contribution in [-0.4, -0.2) is 43.4 Å². The van der Waals surface area contributed by atoms with Crippen LogP contribution in [0.25, 0.3) is 0 Å². The monoisotopic (exact) mass is 378 g/mol. The van der Waals surface area contributed by atoms with E-state index in [1.54, 1.807) is 30.1 Å². The number of nitrogens with one attached hydrogen (secondary N) is 2. The maximum atomic E-state index is 12.6. The molecular formula is C17H22N4O4S. The standard InChI is InChI=1S/C17H22N4O4S/c1-12-14(9-18-21(12)2)10-19-26(23,24)16-5-3-4-13(8-16)17(22)20-15-6-7-25-11-15/h3-5,8-9,15,19H,6-7,10-11H2,1-2H3,(H,20,22)/t15-/m1/s1. The van der Waals surface area contributed by atoms with E-state index in [9.17, 15) is 13.2 Å². The van der Waals surface area contributed by atoms with E-state index in [1.165, 1.54) is 12.1 Å². The summed E-state index contributed by atoms with van der Waals surface area (Å²) in [6.07, 6.45) is 2.39. The fourth-order valence-electron chi connectivity index (χ4n) is 2.70. The van der Waals surface area contributed by atoms with Crippen LogP contribution in [0.2, 0.25) is 0 Å². The third kappa shape index (κ3) is 4.12. The summed E-state index contributed by atoms with van der Waals surface area (Å²) in [7, 11) is -1.94. The zero-order valence-electron chi connectivity index (χ0n) is 14.7. The van der Waals surface area contributed by atoms with Crippen molar-refractivity contribution in [1.29, 1.82) is 0 Å². The number of amides is 1. The van der Waals surface area contributed by atoms with Gasteiger partial charge in [-0.2, -0.15) is 5.10 Å². The normalized spacial score (nSPS) is 17.4. The number of benzene rings is 1. The van der Waals surface area contributed by atoms with Crippen molar-refractivity contribution in [3.8, 4) is 0 Å². The third-order valence-electron chi connectivity index (χ3n) is 4.46. The highest BCUT2D eigenvalue weighted by molar-refractivity contribution is 7.89. The molecule has 1 aromatic heterocycles. The molecule has 0 saturated carbocycles. The lowest BCUT2D eigenvalue weighted by molar-refractivity contribution is 0.0929. The van der Waals surface area contributed by atoms with E-state index in [1.807, 2.05) is 6.92 Å². The maximum Gasteiger partial charge on any atom is 0.251 e. The minimum atomic E-state index is -3.74. The Bertz CT molecular complexity index is 901. The number of rotatable bonds is 6. The van der Waals surface area contributed by atoms with E-state index in [4.69, 9.17) is 4.74 Å². The first-order chi connectivity index (χ1) is 12.4. The topological polar surface area (TPSA) is 102 Å². The van der Waals surface area contributed by atoms with Crippen molar-refractivity contribution in [2.75, 3.05) is 13.2 Å². The van der Waals surface area contributed by atoms with Crippen molar-refractivity contribution in [3.63, 3.8) is 0 Å². The van der Waals surface area contributed by atoms with E-state index in [0.29, 0.717) is 18.8 Å². The Hall–Kier alpha value is -2.23. The van der Waals surface area contributed by atoms with Gasteiger partial charge in [0.15, 0.2) is 0 Å². The predicted octanol–water partition coefficient (Wildman–Crippen LogP) is 0.726. The first-order valence-corrected chi connectivity index (χ1v) is 9.81. The molecule has 1 aliphatic rings. The van der Waals surface area contributed by atoms with Gasteiger partial charge in [-0.05, 0) is 31.5 Å². The minimum Gasteiger partial charge on any atom is -0.379 e. The number of carbonyl (C=O) groups excluding carboxylic acids is 1. The molecule has 0 unspecified atom stereocenters. The van der Waals surface area contributed by atoms with Gasteiger partial charge in [-0.25, -0.2) is 13.1 Å². The Kier molecular flexibility index (Phi) is 5.40. The molecule has 1 aromatic carbocycles. The number of sulfonamides is 1. The van der Waals surface area contributed by atoms with Gasteiger partial charge >= 0.3 is 0 Å². The third-order valence-corrected chi connectivity index (χ3v) is 5.86. The van der Waals surface area contributed by atoms with Gasteiger partial charge in [0.25, 0.3) is 5.91 Å². The van der Waals surface area contributed by atoms with Crippen LogP contribution in [0.3, 0.4) is 0 Å². The molecule has 0 bridgehead atoms. The summed E-state index contributed by atoms with van der Waals surface area (Å²) in [5, 5.41) is 6.95. The molecule has 1 amide bonds. The number of hydrogen-bond donors (Lipinski definition) is 2. The Morgan fingerprint density at radius 3 is 2.88 bits per heavy atom. The second-order valence-corrected chi connectivity index (χ2v) is 8.03. The maximum absolute atomic E-state index is 12.6. The summed E-state index contributed by atoms with van der Waals surface area (Å²) in [5.41, 5.74) is 1.99. The minimum absolute atomic E-state index is 0.0329. The Labute approximate surface area is 152 Å². The second-order valence-electron chi connectivity index (χ2n) is 6.27. The molecule has 0 radical (unpaired) electrons. The summed E-state index contributed by atoms with van der Waals surface area (Å²) < 4.78 is 34.6. The van der Waals surface area contributed by atoms with Crippen LogP contribution in [0.1, 0.15) is 28.0 Å². The molecule has 3 rings (SSSR count). The number of nitrogens with zero attached hydrogens (tertiary/aromatic N) is 2. The van der Waals surface area contributed by atoms with Crippen LogP contribution in [0.4, 0.5) is 0 Å². The molecule has 26 heavy (non-hydrogen) atoms. The van der Waals surface area contributed by atoms with Crippen molar-refractivity contribution in [1.82, 2.24) is 19.8 Å². The highest BCUT2D eigenvalue weighted by Crippen LogP contribution is 2.14. The zero-order valence-corrected chi connectivity index (χ0v) is 15.5. The van der Waals surface area contributed by atoms with Crippen LogP contribution in [0.15, 0.2) is 35.4 Å². The highest BCUT2D eigenvalue weighted by Gasteiger charge is 2.21. The molecule has 2 N–H and O–H groups in total. The Morgan fingerprint density at radius 1 is 1.42 bits per heavy atom. The second kappa shape index (κ2) is 7.56. The summed E-state index contributed by atoms with van der Waals surface area (Å²) in [6, 6.07) is 5.96. The summed E-state index contributed by atoms with van der Waals surface area (Å²) in [4.78, 5) is 12.4. The number of hydrogen-bond acceptors (Lipinski definition) is 5. The summed E-state index contributed by atoms with van der Waals surface area (Å²) in [6.45, 7) is 3.11. The van der Waals surface area contributed by atoms with Crippen molar-refractivity contribution < 1.29 is 17.9 Å². The fraction of sp³-hybridized carbons (Fsp3) is 0.412. The lowest BCUT2D eigenvalue weighted by Gasteiger charge is -2.12. The quantitative estimate of drug-likeness (QED) is 0.771. The molecule has 1 atom stereocenters. The van der Waals surface area contributed by atoms with Crippen molar-refractivity contribution >= 4 is 15.9 Å². The number of carbonyl (C=O) groups is 1. The van der Waals surface area contributed by atoms with E-state index in [0.717, 1.165) is 17.7 Å². The Morgan fingerprint density at radius 2 is 2.23 bits per heavy atom. The molecule has 9 heteroatoms. The van der Waals surface area contributed by atoms with Crippen LogP contribution in [0.5, 0.6) is 0 Å². The smallest absolute Gasteiger partial charge is 0.251 e. The molecule has 140 valence electrons. The van der Waals surface area contributed by atoms with Gasteiger partial charge in [-0.15, -0.1) is 0 Å². The number of ether oxygens (including phenoxy) is 1. The van der Waals surface area contributed by atoms with Crippen LogP contribution in [0, 0.1) is 6.92 Å². The first-order valence-electron chi connectivity index (χ1n) is 8.32. The molecule has 8 nitrogen and oxygen atoms in total. The lowest BCUT2D eigenvalue weighted by atomic mass is 10.2. The average Bonchev–Trinajstić information content (AvgIpc) is 3.24. The first kappa shape index (κ1) is 18.6. The van der Waals surface area contributed by atoms with E-state index in [-0.39, 0.29) is 23.4 Å². The van der Waals surface area contributed by atoms with Gasteiger partial charge in [0, 0.05) is 37.0 Å². The zero-order chi connectivity index (χ0) is 18.7. The Balaban J connectivity index is 1.71. The van der Waals surface area contributed by atoms with E-state index >= 15 is 0 Å². The van der Waals surface area contributed by atoms with Gasteiger partial charge in [-0.1, -0.05) is 6.07 Å². The summed E-state index contributed by atoms with van der Waals surface area (Å²) in [5.74, 6) is -0.305. The van der Waals surface area contributed by atoms with Crippen LogP contribution in [-0.2, 0) is 28.4 Å². The van der Waals surface area contributed by atoms with Crippen LogP contribution >= 0.6 is 0 Å². The van der Waals surface area contributed by atoms with Gasteiger partial charge in [0.2, 0.25) is 10.0 Å². The predicted molar refractivity (Wildman–Crippen MR) is 95.1 cm³/mol. The van der Waals surface area contributed by atoms with Gasteiger partial charge in [-0.3, -0.25) is 9.48 Å². The van der Waals surface area contributed by atoms with Crippen molar-refractivity contribution in [2.45, 2.75) is 30.8 Å². The lowest BCUT2D eigenvalue weighted by Crippen LogP contribution is -2.35. The molecule has 2 heterocycles. The number of aromatic nitrogens is 2. The molecular weight excluding hydrogens is 356 g/mol. The molecule has 2 aromatic rings. The highest BCUT2D eigenvalue weighted by atomic mass is 32.2. The molecule has 1 saturated heterocycles. The fourth-order valence-corrected chi connectivity index (χ4v) is 3.75. The molecule has 0 spiro atoms. The van der Waals surface area contributed by atoms with Gasteiger partial charge in [0.05, 0.1) is 23.7 Å². The van der Waals surface area contributed by atoms with Gasteiger partial charge < -0.3 is 10.1 Å². The van der Waals surface area contributed by atoms with E-state index < -0.39 is 10.0 Å². The molecule has 0 aliphatic carbocycles. The average molecular weight is 378 g/mol. The van der Waals surface area contributed by atoms with Crippen LogP contribution < -0.4 is 10.0 Å².